The quantitative estimate of drug-likeness (QED) is 0.283. The van der Waals surface area contributed by atoms with Crippen molar-refractivity contribution in [2.24, 2.45) is 11.5 Å². The van der Waals surface area contributed by atoms with Crippen LogP contribution in [0, 0.1) is 0 Å². The number of nitrogens with one attached hydrogen (secondary N) is 1. The van der Waals surface area contributed by atoms with E-state index in [-0.39, 0.29) is 0 Å². The average Bonchev–Trinajstić information content (AvgIpc) is 2.25. The van der Waals surface area contributed by atoms with Gasteiger partial charge in [-0.1, -0.05) is 64.7 Å². The molecule has 16 heavy (non-hydrogen) atoms. The van der Waals surface area contributed by atoms with Crippen molar-refractivity contribution >= 4 is 5.96 Å². The van der Waals surface area contributed by atoms with E-state index in [1.165, 1.54) is 64.2 Å². The van der Waals surface area contributed by atoms with Crippen molar-refractivity contribution in [1.29, 1.82) is 0 Å². The molecule has 0 atom stereocenters. The molecule has 0 unspecified atom stereocenters. The molecule has 0 fully saturated rings. The summed E-state index contributed by atoms with van der Waals surface area (Å²) in [4.78, 5) is 2.94. The molecule has 96 valence electrons. The van der Waals surface area contributed by atoms with E-state index in [1.807, 2.05) is 0 Å². The molecule has 0 heterocycles. The van der Waals surface area contributed by atoms with Crippen LogP contribution in [0.15, 0.2) is 0 Å². The van der Waals surface area contributed by atoms with E-state index >= 15 is 0 Å². The van der Waals surface area contributed by atoms with E-state index in [4.69, 9.17) is 11.5 Å². The first-order chi connectivity index (χ1) is 7.77. The first kappa shape index (κ1) is 15.3. The molecule has 0 aromatic carbocycles. The van der Waals surface area contributed by atoms with Crippen LogP contribution in [-0.4, -0.2) is 12.5 Å². The van der Waals surface area contributed by atoms with Gasteiger partial charge in [0.1, 0.15) is 0 Å². The summed E-state index contributed by atoms with van der Waals surface area (Å²) in [5, 5.41) is 0. The Morgan fingerprint density at radius 1 is 0.750 bits per heavy atom. The highest BCUT2D eigenvalue weighted by Crippen LogP contribution is 2.09. The van der Waals surface area contributed by atoms with Gasteiger partial charge in [0.25, 0.3) is 0 Å². The minimum absolute atomic E-state index is 0.343. The van der Waals surface area contributed by atoms with Gasteiger partial charge in [0.15, 0.2) is 0 Å². The minimum Gasteiger partial charge on any atom is -0.291 e. The number of hydrogen-bond acceptors (Lipinski definition) is 0. The van der Waals surface area contributed by atoms with Gasteiger partial charge in [0.2, 0.25) is 0 Å². The summed E-state index contributed by atoms with van der Waals surface area (Å²) in [6.07, 6.45) is 13.6. The second-order valence-corrected chi connectivity index (χ2v) is 4.56. The molecule has 3 heteroatoms. The van der Waals surface area contributed by atoms with Crippen LogP contribution >= 0.6 is 0 Å². The topological polar surface area (TPSA) is 66.0 Å². The van der Waals surface area contributed by atoms with Gasteiger partial charge in [-0.2, -0.15) is 0 Å². The van der Waals surface area contributed by atoms with Crippen LogP contribution in [0.1, 0.15) is 71.1 Å². The summed E-state index contributed by atoms with van der Waals surface area (Å²) >= 11 is 0. The van der Waals surface area contributed by atoms with Crippen LogP contribution in [0.25, 0.3) is 0 Å². The molecular formula is C13H30N3+. The largest absolute Gasteiger partial charge is 0.338 e. The van der Waals surface area contributed by atoms with Crippen molar-refractivity contribution in [3.63, 3.8) is 0 Å². The molecule has 5 N–H and O–H groups in total. The van der Waals surface area contributed by atoms with Crippen molar-refractivity contribution in [2.45, 2.75) is 71.1 Å². The second-order valence-electron chi connectivity index (χ2n) is 4.56. The van der Waals surface area contributed by atoms with Crippen LogP contribution in [-0.2, 0) is 0 Å². The fourth-order valence-electron chi connectivity index (χ4n) is 1.85. The minimum atomic E-state index is 0.343. The maximum atomic E-state index is 5.30. The smallest absolute Gasteiger partial charge is 0.291 e. The molecule has 0 aromatic heterocycles. The Hall–Kier alpha value is -0.730. The van der Waals surface area contributed by atoms with Gasteiger partial charge >= 0.3 is 5.96 Å². The van der Waals surface area contributed by atoms with Gasteiger partial charge in [-0.05, 0) is 6.42 Å². The molecular weight excluding hydrogens is 198 g/mol. The van der Waals surface area contributed by atoms with Gasteiger partial charge in [-0.3, -0.25) is 16.5 Å². The highest BCUT2D eigenvalue weighted by atomic mass is 15.0. The van der Waals surface area contributed by atoms with Crippen LogP contribution in [0.3, 0.4) is 0 Å². The lowest BCUT2D eigenvalue weighted by Crippen LogP contribution is -2.78. The summed E-state index contributed by atoms with van der Waals surface area (Å²) in [7, 11) is 0. The summed E-state index contributed by atoms with van der Waals surface area (Å²) < 4.78 is 0. The predicted octanol–water partition coefficient (Wildman–Crippen LogP) is 1.26. The van der Waals surface area contributed by atoms with Gasteiger partial charge in [0, 0.05) is 0 Å². The molecule has 0 radical (unpaired) electrons. The third-order valence-electron chi connectivity index (χ3n) is 2.86. The zero-order valence-corrected chi connectivity index (χ0v) is 10.9. The average molecular weight is 228 g/mol. The zero-order valence-electron chi connectivity index (χ0n) is 10.9. The van der Waals surface area contributed by atoms with E-state index in [1.54, 1.807) is 0 Å². The normalized spacial score (nSPS) is 10.3. The Bertz CT molecular complexity index is 163. The summed E-state index contributed by atoms with van der Waals surface area (Å²) in [5.74, 6) is 0.343. The Balaban J connectivity index is 2.96. The van der Waals surface area contributed by atoms with E-state index < -0.39 is 0 Å². The zero-order chi connectivity index (χ0) is 12.1. The highest BCUT2D eigenvalue weighted by Gasteiger charge is 1.92. The summed E-state index contributed by atoms with van der Waals surface area (Å²) in [5.41, 5.74) is 10.6. The Labute approximate surface area is 101 Å². The van der Waals surface area contributed by atoms with E-state index in [2.05, 4.69) is 11.9 Å². The Morgan fingerprint density at radius 2 is 1.19 bits per heavy atom. The van der Waals surface area contributed by atoms with Gasteiger partial charge < -0.3 is 0 Å². The molecule has 0 amide bonds. The van der Waals surface area contributed by atoms with Crippen molar-refractivity contribution in [3.05, 3.63) is 0 Å². The maximum Gasteiger partial charge on any atom is 0.338 e. The lowest BCUT2D eigenvalue weighted by atomic mass is 10.1. The van der Waals surface area contributed by atoms with Gasteiger partial charge in [0.05, 0.1) is 6.54 Å². The van der Waals surface area contributed by atoms with Crippen LogP contribution in [0.2, 0.25) is 0 Å². The number of nitrogens with two attached hydrogens (primary N) is 2. The summed E-state index contributed by atoms with van der Waals surface area (Å²) in [6.45, 7) is 3.18. The summed E-state index contributed by atoms with van der Waals surface area (Å²) in [6, 6.07) is 0. The molecule has 0 aromatic rings. The number of rotatable bonds is 11. The predicted molar refractivity (Wildman–Crippen MR) is 71.1 cm³/mol. The Morgan fingerprint density at radius 3 is 1.62 bits per heavy atom. The Kier molecular flexibility index (Phi) is 11.8. The maximum absolute atomic E-state index is 5.30. The fourth-order valence-corrected chi connectivity index (χ4v) is 1.85. The van der Waals surface area contributed by atoms with Gasteiger partial charge in [-0.25, -0.2) is 0 Å². The van der Waals surface area contributed by atoms with Crippen molar-refractivity contribution < 1.29 is 4.99 Å². The SMILES string of the molecule is CCCCCCCCCCCC[NH+]=C(N)N. The molecule has 0 aliphatic rings. The standard InChI is InChI=1S/C13H29N3/c1-2-3-4-5-6-7-8-9-10-11-12-16-13(14)15/h2-12H2,1H3,(H4,14,15,16)/p+1. The first-order valence-electron chi connectivity index (χ1n) is 6.89. The van der Waals surface area contributed by atoms with Crippen molar-refractivity contribution in [2.75, 3.05) is 6.54 Å². The molecule has 0 rings (SSSR count). The first-order valence-corrected chi connectivity index (χ1v) is 6.89. The fraction of sp³-hybridized carbons (Fsp3) is 0.923. The lowest BCUT2D eigenvalue weighted by Gasteiger charge is -2.00. The van der Waals surface area contributed by atoms with Gasteiger partial charge in [-0.15, -0.1) is 0 Å². The highest BCUT2D eigenvalue weighted by molar-refractivity contribution is 5.69. The van der Waals surface area contributed by atoms with Crippen LogP contribution in [0.5, 0.6) is 0 Å². The molecule has 0 bridgehead atoms. The van der Waals surface area contributed by atoms with E-state index in [0.29, 0.717) is 5.96 Å². The molecule has 3 nitrogen and oxygen atoms in total. The van der Waals surface area contributed by atoms with E-state index in [0.717, 1.165) is 6.54 Å². The number of unbranched alkanes of at least 4 members (excludes halogenated alkanes) is 9. The molecule has 0 aliphatic heterocycles. The van der Waals surface area contributed by atoms with Crippen molar-refractivity contribution in [1.82, 2.24) is 0 Å². The third-order valence-corrected chi connectivity index (χ3v) is 2.86. The number of guanidine groups is 1. The second kappa shape index (κ2) is 12.3. The molecule has 0 saturated carbocycles. The van der Waals surface area contributed by atoms with Crippen LogP contribution < -0.4 is 16.5 Å². The molecule has 0 saturated heterocycles. The lowest BCUT2D eigenvalue weighted by molar-refractivity contribution is -0.459. The van der Waals surface area contributed by atoms with Crippen LogP contribution in [0.4, 0.5) is 0 Å². The molecule has 0 spiro atoms. The monoisotopic (exact) mass is 228 g/mol. The number of hydrogen-bond donors (Lipinski definition) is 3. The van der Waals surface area contributed by atoms with Crippen molar-refractivity contribution in [3.8, 4) is 0 Å². The molecule has 0 aliphatic carbocycles. The third kappa shape index (κ3) is 13.3. The van der Waals surface area contributed by atoms with E-state index in [9.17, 15) is 0 Å².